The van der Waals surface area contributed by atoms with Crippen LogP contribution >= 0.6 is 11.6 Å². The fraction of sp³-hybridized carbons (Fsp3) is 0.227. The smallest absolute Gasteiger partial charge is 0.136 e. The molecule has 1 aliphatic carbocycles. The highest BCUT2D eigenvalue weighted by molar-refractivity contribution is 6.30. The summed E-state index contributed by atoms with van der Waals surface area (Å²) in [5.41, 5.74) is 5.80. The Balaban J connectivity index is 1.71. The lowest BCUT2D eigenvalue weighted by atomic mass is 9.95. The van der Waals surface area contributed by atoms with Gasteiger partial charge in [-0.1, -0.05) is 54.1 Å². The minimum absolute atomic E-state index is 0.503. The molecule has 128 valence electrons. The quantitative estimate of drug-likeness (QED) is 0.582. The zero-order chi connectivity index (χ0) is 18.1. The van der Waals surface area contributed by atoms with Crippen molar-refractivity contribution >= 4 is 11.6 Å². The van der Waals surface area contributed by atoms with Crippen LogP contribution in [0.15, 0.2) is 48.5 Å². The number of hydrogen-bond donors (Lipinski definition) is 0. The number of halogens is 1. The molecular weight excluding hydrogens is 342 g/mol. The van der Waals surface area contributed by atoms with Gasteiger partial charge in [-0.3, -0.25) is 0 Å². The highest BCUT2D eigenvalue weighted by Crippen LogP contribution is 2.42. The van der Waals surface area contributed by atoms with E-state index in [1.54, 1.807) is 0 Å². The van der Waals surface area contributed by atoms with E-state index in [0.717, 1.165) is 46.6 Å². The standard InChI is InChI=1S/C22H18ClN3/c1-14-25-21(17-8-9-17)20(22(23)26-14)12-15-7-10-19(18(11-15)13-24)16-5-3-2-4-6-16/h2-7,10-11,17H,8-9,12H2,1H3. The van der Waals surface area contributed by atoms with Gasteiger partial charge in [-0.15, -0.1) is 0 Å². The molecule has 0 atom stereocenters. The van der Waals surface area contributed by atoms with E-state index in [-0.39, 0.29) is 0 Å². The summed E-state index contributed by atoms with van der Waals surface area (Å²) < 4.78 is 0. The first kappa shape index (κ1) is 16.8. The summed E-state index contributed by atoms with van der Waals surface area (Å²) in [7, 11) is 0. The van der Waals surface area contributed by atoms with Crippen LogP contribution in [0.1, 0.15) is 47.0 Å². The van der Waals surface area contributed by atoms with Crippen molar-refractivity contribution < 1.29 is 0 Å². The van der Waals surface area contributed by atoms with Gasteiger partial charge in [-0.2, -0.15) is 5.26 Å². The lowest BCUT2D eigenvalue weighted by molar-refractivity contribution is 0.897. The van der Waals surface area contributed by atoms with Gasteiger partial charge in [0.1, 0.15) is 11.0 Å². The first-order valence-electron chi connectivity index (χ1n) is 8.77. The summed E-state index contributed by atoms with van der Waals surface area (Å²) in [5, 5.41) is 10.1. The molecule has 1 saturated carbocycles. The van der Waals surface area contributed by atoms with Crippen molar-refractivity contribution in [1.29, 1.82) is 5.26 Å². The van der Waals surface area contributed by atoms with Crippen molar-refractivity contribution in [2.24, 2.45) is 0 Å². The van der Waals surface area contributed by atoms with E-state index in [1.807, 2.05) is 49.4 Å². The predicted octanol–water partition coefficient (Wildman–Crippen LogP) is 5.45. The van der Waals surface area contributed by atoms with Crippen molar-refractivity contribution in [1.82, 2.24) is 9.97 Å². The van der Waals surface area contributed by atoms with Crippen molar-refractivity contribution in [3.8, 4) is 17.2 Å². The molecule has 4 heteroatoms. The second-order valence-corrected chi connectivity index (χ2v) is 7.09. The van der Waals surface area contributed by atoms with Crippen LogP contribution in [0.2, 0.25) is 5.15 Å². The molecule has 26 heavy (non-hydrogen) atoms. The van der Waals surface area contributed by atoms with Crippen LogP contribution in [0.5, 0.6) is 0 Å². The number of hydrogen-bond acceptors (Lipinski definition) is 3. The minimum Gasteiger partial charge on any atom is -0.238 e. The normalized spacial score (nSPS) is 13.4. The van der Waals surface area contributed by atoms with Gasteiger partial charge in [0.05, 0.1) is 17.3 Å². The third-order valence-electron chi connectivity index (χ3n) is 4.73. The highest BCUT2D eigenvalue weighted by atomic mass is 35.5. The van der Waals surface area contributed by atoms with Gasteiger partial charge in [0, 0.05) is 17.9 Å². The van der Waals surface area contributed by atoms with Gasteiger partial charge < -0.3 is 0 Å². The number of nitriles is 1. The molecule has 0 unspecified atom stereocenters. The fourth-order valence-electron chi connectivity index (χ4n) is 3.31. The second-order valence-electron chi connectivity index (χ2n) is 6.73. The molecule has 3 nitrogen and oxygen atoms in total. The van der Waals surface area contributed by atoms with E-state index >= 15 is 0 Å². The maximum absolute atomic E-state index is 9.61. The van der Waals surface area contributed by atoms with Crippen LogP contribution in [0.3, 0.4) is 0 Å². The van der Waals surface area contributed by atoms with Gasteiger partial charge in [0.2, 0.25) is 0 Å². The van der Waals surface area contributed by atoms with Crippen molar-refractivity contribution in [2.75, 3.05) is 0 Å². The SMILES string of the molecule is Cc1nc(Cl)c(Cc2ccc(-c3ccccc3)c(C#N)c2)c(C2CC2)n1. The van der Waals surface area contributed by atoms with E-state index < -0.39 is 0 Å². The molecule has 1 fully saturated rings. The first-order valence-corrected chi connectivity index (χ1v) is 9.15. The Kier molecular flexibility index (Phi) is 4.44. The zero-order valence-electron chi connectivity index (χ0n) is 14.5. The predicted molar refractivity (Wildman–Crippen MR) is 103 cm³/mol. The molecular formula is C22H18ClN3. The second kappa shape index (κ2) is 6.90. The zero-order valence-corrected chi connectivity index (χ0v) is 15.3. The van der Waals surface area contributed by atoms with E-state index in [1.165, 1.54) is 0 Å². The van der Waals surface area contributed by atoms with Crippen LogP contribution in [0.4, 0.5) is 0 Å². The fourth-order valence-corrected chi connectivity index (χ4v) is 3.59. The first-order chi connectivity index (χ1) is 12.7. The van der Waals surface area contributed by atoms with Crippen molar-refractivity contribution in [3.05, 3.63) is 81.9 Å². The van der Waals surface area contributed by atoms with E-state index in [2.05, 4.69) is 22.1 Å². The lowest BCUT2D eigenvalue weighted by Crippen LogP contribution is -2.04. The average molecular weight is 360 g/mol. The number of rotatable bonds is 4. The van der Waals surface area contributed by atoms with E-state index in [0.29, 0.717) is 23.1 Å². The number of aromatic nitrogens is 2. The highest BCUT2D eigenvalue weighted by Gasteiger charge is 2.29. The molecule has 0 spiro atoms. The summed E-state index contributed by atoms with van der Waals surface area (Å²) >= 11 is 6.44. The molecule has 1 aromatic heterocycles. The maximum atomic E-state index is 9.61. The lowest BCUT2D eigenvalue weighted by Gasteiger charge is -2.12. The Labute approximate surface area is 158 Å². The minimum atomic E-state index is 0.503. The van der Waals surface area contributed by atoms with Crippen LogP contribution < -0.4 is 0 Å². The summed E-state index contributed by atoms with van der Waals surface area (Å²) in [6.45, 7) is 1.88. The van der Waals surface area contributed by atoms with Crippen LogP contribution in [0.25, 0.3) is 11.1 Å². The van der Waals surface area contributed by atoms with Gasteiger partial charge >= 0.3 is 0 Å². The molecule has 1 aliphatic rings. The largest absolute Gasteiger partial charge is 0.238 e. The van der Waals surface area contributed by atoms with Crippen LogP contribution in [-0.2, 0) is 6.42 Å². The Morgan fingerprint density at radius 1 is 1.12 bits per heavy atom. The van der Waals surface area contributed by atoms with Crippen molar-refractivity contribution in [3.63, 3.8) is 0 Å². The molecule has 3 aromatic rings. The van der Waals surface area contributed by atoms with E-state index in [4.69, 9.17) is 11.6 Å². The van der Waals surface area contributed by atoms with Gasteiger partial charge in [0.25, 0.3) is 0 Å². The summed E-state index contributed by atoms with van der Waals surface area (Å²) in [4.78, 5) is 8.98. The molecule has 1 heterocycles. The molecule has 0 N–H and O–H groups in total. The Hall–Kier alpha value is -2.70. The Bertz CT molecular complexity index is 1000. The number of benzene rings is 2. The van der Waals surface area contributed by atoms with Crippen molar-refractivity contribution in [2.45, 2.75) is 32.1 Å². The third kappa shape index (κ3) is 3.34. The average Bonchev–Trinajstić information content (AvgIpc) is 3.49. The van der Waals surface area contributed by atoms with Crippen LogP contribution in [-0.4, -0.2) is 9.97 Å². The number of aryl methyl sites for hydroxylation is 1. The third-order valence-corrected chi connectivity index (χ3v) is 5.05. The molecule has 0 aliphatic heterocycles. The van der Waals surface area contributed by atoms with E-state index in [9.17, 15) is 5.26 Å². The number of nitrogens with zero attached hydrogens (tertiary/aromatic N) is 3. The van der Waals surface area contributed by atoms with Gasteiger partial charge in [0.15, 0.2) is 0 Å². The molecule has 4 rings (SSSR count). The molecule has 2 aromatic carbocycles. The molecule has 0 radical (unpaired) electrons. The van der Waals surface area contributed by atoms with Gasteiger partial charge in [-0.25, -0.2) is 9.97 Å². The molecule has 0 amide bonds. The topological polar surface area (TPSA) is 49.6 Å². The molecule has 0 saturated heterocycles. The Morgan fingerprint density at radius 2 is 1.88 bits per heavy atom. The molecule has 0 bridgehead atoms. The van der Waals surface area contributed by atoms with Gasteiger partial charge in [-0.05, 0) is 42.5 Å². The summed E-state index contributed by atoms with van der Waals surface area (Å²) in [5.74, 6) is 1.22. The summed E-state index contributed by atoms with van der Waals surface area (Å²) in [6, 6.07) is 18.3. The summed E-state index contributed by atoms with van der Waals surface area (Å²) in [6.07, 6.45) is 2.97. The monoisotopic (exact) mass is 359 g/mol. The Morgan fingerprint density at radius 3 is 2.58 bits per heavy atom. The van der Waals surface area contributed by atoms with Crippen LogP contribution in [0, 0.1) is 18.3 Å². The maximum Gasteiger partial charge on any atom is 0.136 e.